The first kappa shape index (κ1) is 17.2. The Morgan fingerprint density at radius 3 is 3.00 bits per heavy atom. The first-order chi connectivity index (χ1) is 11.4. The Balaban J connectivity index is 1.47. The standard InChI is InChI=1S/C18H25N3O2S/c1-18(2,23)15-9-6-12-21(15)17(22)19-11-5-10-16-20-13-7-3-4-8-14(13)24-16/h3-4,7-8,15,23H,5-6,9-12H2,1-2H3,(H,19,22)/t15-/m0/s1. The number of rotatable bonds is 5. The highest BCUT2D eigenvalue weighted by Crippen LogP contribution is 2.26. The zero-order valence-electron chi connectivity index (χ0n) is 14.3. The van der Waals surface area contributed by atoms with Crippen LogP contribution in [-0.2, 0) is 6.42 Å². The second-order valence-electron chi connectivity index (χ2n) is 6.92. The van der Waals surface area contributed by atoms with Crippen LogP contribution < -0.4 is 5.32 Å². The fourth-order valence-corrected chi connectivity index (χ4v) is 4.32. The van der Waals surface area contributed by atoms with Crippen LogP contribution >= 0.6 is 11.3 Å². The van der Waals surface area contributed by atoms with Gasteiger partial charge in [-0.05, 0) is 45.2 Å². The smallest absolute Gasteiger partial charge is 0.317 e. The van der Waals surface area contributed by atoms with Crippen LogP contribution in [0.25, 0.3) is 10.2 Å². The second-order valence-corrected chi connectivity index (χ2v) is 8.03. The van der Waals surface area contributed by atoms with Gasteiger partial charge >= 0.3 is 6.03 Å². The number of aliphatic hydroxyl groups is 1. The summed E-state index contributed by atoms with van der Waals surface area (Å²) in [5.41, 5.74) is 0.195. The number of para-hydroxylation sites is 1. The van der Waals surface area contributed by atoms with E-state index in [-0.39, 0.29) is 12.1 Å². The lowest BCUT2D eigenvalue weighted by atomic mass is 9.97. The molecular weight excluding hydrogens is 322 g/mol. The molecule has 1 aromatic carbocycles. The van der Waals surface area contributed by atoms with Gasteiger partial charge in [-0.25, -0.2) is 9.78 Å². The SMILES string of the molecule is CC(C)(O)[C@@H]1CCCN1C(=O)NCCCc1nc2ccccc2s1. The summed E-state index contributed by atoms with van der Waals surface area (Å²) in [5, 5.41) is 14.3. The number of fused-ring (bicyclic) bond motifs is 1. The lowest BCUT2D eigenvalue weighted by molar-refractivity contribution is 0.00985. The van der Waals surface area contributed by atoms with Crippen molar-refractivity contribution < 1.29 is 9.90 Å². The topological polar surface area (TPSA) is 65.5 Å². The maximum atomic E-state index is 12.3. The summed E-state index contributed by atoms with van der Waals surface area (Å²) < 4.78 is 1.21. The highest BCUT2D eigenvalue weighted by Gasteiger charge is 2.38. The number of urea groups is 1. The minimum atomic E-state index is -0.852. The number of hydrogen-bond donors (Lipinski definition) is 2. The molecule has 0 bridgehead atoms. The van der Waals surface area contributed by atoms with Crippen molar-refractivity contribution in [1.82, 2.24) is 15.2 Å². The van der Waals surface area contributed by atoms with Gasteiger partial charge in [0.1, 0.15) is 0 Å². The zero-order valence-corrected chi connectivity index (χ0v) is 15.1. The van der Waals surface area contributed by atoms with Gasteiger partial charge in [-0.15, -0.1) is 11.3 Å². The zero-order chi connectivity index (χ0) is 17.2. The number of amides is 2. The number of nitrogens with zero attached hydrogens (tertiary/aromatic N) is 2. The Hall–Kier alpha value is -1.66. The van der Waals surface area contributed by atoms with Crippen molar-refractivity contribution in [2.24, 2.45) is 0 Å². The van der Waals surface area contributed by atoms with Crippen LogP contribution in [0, 0.1) is 0 Å². The van der Waals surface area contributed by atoms with Gasteiger partial charge in [0.25, 0.3) is 0 Å². The molecule has 1 aliphatic rings. The molecule has 2 aromatic rings. The number of thiazole rings is 1. The van der Waals surface area contributed by atoms with Crippen molar-refractivity contribution >= 4 is 27.6 Å². The van der Waals surface area contributed by atoms with Crippen LogP contribution in [0.5, 0.6) is 0 Å². The third-order valence-electron chi connectivity index (χ3n) is 4.51. The molecule has 0 spiro atoms. The first-order valence-corrected chi connectivity index (χ1v) is 9.38. The van der Waals surface area contributed by atoms with Crippen molar-refractivity contribution in [2.75, 3.05) is 13.1 Å². The van der Waals surface area contributed by atoms with Crippen molar-refractivity contribution in [3.63, 3.8) is 0 Å². The lowest BCUT2D eigenvalue weighted by Gasteiger charge is -2.33. The van der Waals surface area contributed by atoms with E-state index in [0.717, 1.165) is 42.8 Å². The molecule has 5 nitrogen and oxygen atoms in total. The lowest BCUT2D eigenvalue weighted by Crippen LogP contribution is -2.51. The van der Waals surface area contributed by atoms with E-state index >= 15 is 0 Å². The van der Waals surface area contributed by atoms with E-state index in [9.17, 15) is 9.90 Å². The van der Waals surface area contributed by atoms with Crippen molar-refractivity contribution in [2.45, 2.75) is 51.2 Å². The molecule has 0 radical (unpaired) electrons. The van der Waals surface area contributed by atoms with E-state index in [4.69, 9.17) is 0 Å². The molecule has 0 unspecified atom stereocenters. The van der Waals surface area contributed by atoms with Crippen LogP contribution in [0.2, 0.25) is 0 Å². The van der Waals surface area contributed by atoms with Crippen LogP contribution in [0.15, 0.2) is 24.3 Å². The largest absolute Gasteiger partial charge is 0.388 e. The Kier molecular flexibility index (Phi) is 5.06. The van der Waals surface area contributed by atoms with Crippen LogP contribution in [0.3, 0.4) is 0 Å². The summed E-state index contributed by atoms with van der Waals surface area (Å²) in [4.78, 5) is 18.7. The van der Waals surface area contributed by atoms with Crippen LogP contribution in [0.4, 0.5) is 4.79 Å². The second kappa shape index (κ2) is 7.07. The van der Waals surface area contributed by atoms with Gasteiger partial charge in [0, 0.05) is 19.5 Å². The number of carbonyl (C=O) groups is 1. The fourth-order valence-electron chi connectivity index (χ4n) is 3.31. The predicted molar refractivity (Wildman–Crippen MR) is 97.4 cm³/mol. The van der Waals surface area contributed by atoms with Crippen molar-refractivity contribution in [3.05, 3.63) is 29.3 Å². The number of hydrogen-bond acceptors (Lipinski definition) is 4. The summed E-state index contributed by atoms with van der Waals surface area (Å²) in [6.07, 6.45) is 3.55. The number of benzene rings is 1. The molecular formula is C18H25N3O2S. The predicted octanol–water partition coefficient (Wildman–Crippen LogP) is 3.17. The number of likely N-dealkylation sites (tertiary alicyclic amines) is 1. The molecule has 2 heterocycles. The fraction of sp³-hybridized carbons (Fsp3) is 0.556. The van der Waals surface area contributed by atoms with Gasteiger partial charge in [-0.3, -0.25) is 0 Å². The molecule has 1 atom stereocenters. The van der Waals surface area contributed by atoms with Gasteiger partial charge in [-0.2, -0.15) is 0 Å². The van der Waals surface area contributed by atoms with Crippen molar-refractivity contribution in [1.29, 1.82) is 0 Å². The molecule has 0 aliphatic carbocycles. The number of carbonyl (C=O) groups excluding carboxylic acids is 1. The monoisotopic (exact) mass is 347 g/mol. The van der Waals surface area contributed by atoms with E-state index in [1.807, 2.05) is 18.2 Å². The van der Waals surface area contributed by atoms with Crippen molar-refractivity contribution in [3.8, 4) is 0 Å². The molecule has 2 amide bonds. The van der Waals surface area contributed by atoms with E-state index in [2.05, 4.69) is 16.4 Å². The van der Waals surface area contributed by atoms with E-state index in [0.29, 0.717) is 6.54 Å². The molecule has 2 N–H and O–H groups in total. The van der Waals surface area contributed by atoms with Gasteiger partial charge in [0.2, 0.25) is 0 Å². The molecule has 130 valence electrons. The number of aryl methyl sites for hydroxylation is 1. The number of nitrogens with one attached hydrogen (secondary N) is 1. The Bertz CT molecular complexity index is 675. The van der Waals surface area contributed by atoms with Gasteiger partial charge in [0.05, 0.1) is 26.9 Å². The minimum Gasteiger partial charge on any atom is -0.388 e. The normalized spacial score (nSPS) is 18.3. The Morgan fingerprint density at radius 2 is 2.25 bits per heavy atom. The Labute approximate surface area is 146 Å². The molecule has 1 aliphatic heterocycles. The van der Waals surface area contributed by atoms with E-state index < -0.39 is 5.60 Å². The molecule has 24 heavy (non-hydrogen) atoms. The summed E-state index contributed by atoms with van der Waals surface area (Å²) in [7, 11) is 0. The molecule has 0 saturated carbocycles. The van der Waals surface area contributed by atoms with Gasteiger partial charge < -0.3 is 15.3 Å². The summed E-state index contributed by atoms with van der Waals surface area (Å²) in [5.74, 6) is 0. The molecule has 1 saturated heterocycles. The maximum Gasteiger partial charge on any atom is 0.317 e. The summed E-state index contributed by atoms with van der Waals surface area (Å²) >= 11 is 1.72. The molecule has 3 rings (SSSR count). The maximum absolute atomic E-state index is 12.3. The molecule has 1 aromatic heterocycles. The Morgan fingerprint density at radius 1 is 1.46 bits per heavy atom. The summed E-state index contributed by atoms with van der Waals surface area (Å²) in [6, 6.07) is 7.98. The molecule has 6 heteroatoms. The minimum absolute atomic E-state index is 0.0658. The van der Waals surface area contributed by atoms with Crippen LogP contribution in [0.1, 0.15) is 38.1 Å². The average Bonchev–Trinajstić information content (AvgIpc) is 3.16. The average molecular weight is 347 g/mol. The summed E-state index contributed by atoms with van der Waals surface area (Å²) in [6.45, 7) is 4.90. The van der Waals surface area contributed by atoms with Gasteiger partial charge in [0.15, 0.2) is 0 Å². The quantitative estimate of drug-likeness (QED) is 0.817. The van der Waals surface area contributed by atoms with E-state index in [1.165, 1.54) is 4.70 Å². The van der Waals surface area contributed by atoms with Gasteiger partial charge in [-0.1, -0.05) is 12.1 Å². The highest BCUT2D eigenvalue weighted by molar-refractivity contribution is 7.18. The van der Waals surface area contributed by atoms with Crippen LogP contribution in [-0.4, -0.2) is 45.8 Å². The number of aromatic nitrogens is 1. The third-order valence-corrected chi connectivity index (χ3v) is 5.61. The van der Waals surface area contributed by atoms with E-state index in [1.54, 1.807) is 30.1 Å². The highest BCUT2D eigenvalue weighted by atomic mass is 32.1. The first-order valence-electron chi connectivity index (χ1n) is 8.56. The molecule has 1 fully saturated rings. The third kappa shape index (κ3) is 3.87.